The summed E-state index contributed by atoms with van der Waals surface area (Å²) in [5.74, 6) is 0. The van der Waals surface area contributed by atoms with E-state index in [0.717, 1.165) is 19.3 Å². The zero-order valence-electron chi connectivity index (χ0n) is 10.7. The summed E-state index contributed by atoms with van der Waals surface area (Å²) in [4.78, 5) is 0. The fraction of sp³-hybridized carbons (Fsp3) is 0.235. The molecule has 0 saturated heterocycles. The van der Waals surface area contributed by atoms with Crippen LogP contribution >= 0.6 is 0 Å². The molecule has 93 valence electrons. The minimum absolute atomic E-state index is 0.261. The number of hydrogen-bond donors (Lipinski definition) is 1. The van der Waals surface area contributed by atoms with Gasteiger partial charge in [-0.1, -0.05) is 67.6 Å². The summed E-state index contributed by atoms with van der Waals surface area (Å²) in [6.45, 7) is 4.03. The lowest BCUT2D eigenvalue weighted by atomic mass is 9.83. The van der Waals surface area contributed by atoms with Crippen molar-refractivity contribution < 1.29 is 0 Å². The maximum atomic E-state index is 6.50. The van der Waals surface area contributed by atoms with E-state index in [2.05, 4.69) is 55.5 Å². The normalized spacial score (nSPS) is 11.4. The summed E-state index contributed by atoms with van der Waals surface area (Å²) >= 11 is 0. The molecule has 0 spiro atoms. The molecule has 0 aromatic heterocycles. The fourth-order valence-corrected chi connectivity index (χ4v) is 2.24. The van der Waals surface area contributed by atoms with Crippen LogP contribution in [0.1, 0.15) is 17.5 Å². The number of rotatable bonds is 5. The van der Waals surface area contributed by atoms with Gasteiger partial charge in [-0.2, -0.15) is 0 Å². The van der Waals surface area contributed by atoms with Crippen LogP contribution < -0.4 is 5.73 Å². The zero-order valence-corrected chi connectivity index (χ0v) is 10.7. The largest absolute Gasteiger partial charge is 0.324 e. The van der Waals surface area contributed by atoms with Crippen molar-refractivity contribution in [3.8, 4) is 0 Å². The van der Waals surface area contributed by atoms with Gasteiger partial charge in [-0.15, -0.1) is 0 Å². The quantitative estimate of drug-likeness (QED) is 0.849. The Morgan fingerprint density at radius 3 is 1.50 bits per heavy atom. The highest BCUT2D eigenvalue weighted by Gasteiger charge is 2.23. The lowest BCUT2D eigenvalue weighted by Crippen LogP contribution is -2.43. The molecule has 2 rings (SSSR count). The van der Waals surface area contributed by atoms with Gasteiger partial charge in [0.2, 0.25) is 0 Å². The number of nitrogens with two attached hydrogens (primary N) is 1. The maximum Gasteiger partial charge on any atom is 0.0235 e. The Morgan fingerprint density at radius 1 is 0.778 bits per heavy atom. The molecule has 0 aliphatic heterocycles. The van der Waals surface area contributed by atoms with Gasteiger partial charge in [0.15, 0.2) is 0 Å². The molecule has 1 heteroatoms. The molecule has 0 amide bonds. The number of benzene rings is 2. The molecule has 2 N–H and O–H groups in total. The fourth-order valence-electron chi connectivity index (χ4n) is 2.24. The zero-order chi connectivity index (χ0) is 12.8. The van der Waals surface area contributed by atoms with Gasteiger partial charge in [-0.05, 0) is 30.4 Å². The van der Waals surface area contributed by atoms with E-state index in [1.54, 1.807) is 0 Å². The maximum absolute atomic E-state index is 6.50. The van der Waals surface area contributed by atoms with Gasteiger partial charge in [0, 0.05) is 5.54 Å². The van der Waals surface area contributed by atoms with E-state index in [4.69, 9.17) is 5.73 Å². The molecule has 0 aliphatic rings. The van der Waals surface area contributed by atoms with Crippen LogP contribution in [-0.4, -0.2) is 5.54 Å². The SMILES string of the molecule is [CH2]CC(N)(Cc1ccccc1)Cc1ccccc1. The first-order valence-corrected chi connectivity index (χ1v) is 6.38. The molecular weight excluding hydrogens is 218 g/mol. The van der Waals surface area contributed by atoms with Gasteiger partial charge in [-0.3, -0.25) is 0 Å². The Labute approximate surface area is 110 Å². The van der Waals surface area contributed by atoms with E-state index in [-0.39, 0.29) is 5.54 Å². The van der Waals surface area contributed by atoms with Crippen molar-refractivity contribution in [1.29, 1.82) is 0 Å². The van der Waals surface area contributed by atoms with Gasteiger partial charge in [-0.25, -0.2) is 0 Å². The highest BCUT2D eigenvalue weighted by molar-refractivity contribution is 5.22. The van der Waals surface area contributed by atoms with Crippen molar-refractivity contribution in [2.75, 3.05) is 0 Å². The molecule has 0 unspecified atom stereocenters. The topological polar surface area (TPSA) is 26.0 Å². The highest BCUT2D eigenvalue weighted by atomic mass is 14.7. The van der Waals surface area contributed by atoms with Gasteiger partial charge in [0.1, 0.15) is 0 Å². The molecule has 18 heavy (non-hydrogen) atoms. The van der Waals surface area contributed by atoms with Crippen molar-refractivity contribution in [3.63, 3.8) is 0 Å². The van der Waals surface area contributed by atoms with Crippen LogP contribution in [-0.2, 0) is 12.8 Å². The second kappa shape index (κ2) is 5.83. The van der Waals surface area contributed by atoms with E-state index in [1.165, 1.54) is 11.1 Å². The molecule has 0 bridgehead atoms. The number of hydrogen-bond acceptors (Lipinski definition) is 1. The van der Waals surface area contributed by atoms with E-state index in [1.807, 2.05) is 12.1 Å². The van der Waals surface area contributed by atoms with Crippen LogP contribution in [0.25, 0.3) is 0 Å². The van der Waals surface area contributed by atoms with Crippen molar-refractivity contribution in [3.05, 3.63) is 78.7 Å². The van der Waals surface area contributed by atoms with Crippen LogP contribution in [0, 0.1) is 6.92 Å². The van der Waals surface area contributed by atoms with Crippen molar-refractivity contribution in [2.24, 2.45) is 5.73 Å². The third-order valence-electron chi connectivity index (χ3n) is 3.30. The average Bonchev–Trinajstić information content (AvgIpc) is 2.41. The molecule has 1 nitrogen and oxygen atoms in total. The van der Waals surface area contributed by atoms with E-state index < -0.39 is 0 Å². The Bertz CT molecular complexity index is 420. The van der Waals surface area contributed by atoms with Crippen LogP contribution in [0.2, 0.25) is 0 Å². The van der Waals surface area contributed by atoms with Crippen LogP contribution in [0.3, 0.4) is 0 Å². The second-order valence-electron chi connectivity index (χ2n) is 4.94. The molecular formula is C17H20N. The lowest BCUT2D eigenvalue weighted by Gasteiger charge is -2.28. The standard InChI is InChI=1S/C17H20N/c1-2-17(18,13-15-9-5-3-6-10-15)14-16-11-7-4-8-12-16/h3-12H,1-2,13-14,18H2. The van der Waals surface area contributed by atoms with Crippen molar-refractivity contribution in [2.45, 2.75) is 24.8 Å². The summed E-state index contributed by atoms with van der Waals surface area (Å²) < 4.78 is 0. The summed E-state index contributed by atoms with van der Waals surface area (Å²) in [5, 5.41) is 0. The summed E-state index contributed by atoms with van der Waals surface area (Å²) in [7, 11) is 0. The first-order valence-electron chi connectivity index (χ1n) is 6.38. The van der Waals surface area contributed by atoms with Gasteiger partial charge in [0.25, 0.3) is 0 Å². The van der Waals surface area contributed by atoms with Crippen LogP contribution in [0.5, 0.6) is 0 Å². The Balaban J connectivity index is 2.11. The first kappa shape index (κ1) is 12.8. The van der Waals surface area contributed by atoms with E-state index >= 15 is 0 Å². The van der Waals surface area contributed by atoms with Gasteiger partial charge in [0.05, 0.1) is 0 Å². The molecule has 0 fully saturated rings. The smallest absolute Gasteiger partial charge is 0.0235 e. The Morgan fingerprint density at radius 2 is 1.17 bits per heavy atom. The third kappa shape index (κ3) is 3.44. The molecule has 0 saturated carbocycles. The average molecular weight is 238 g/mol. The first-order chi connectivity index (χ1) is 8.72. The molecule has 0 aliphatic carbocycles. The van der Waals surface area contributed by atoms with Crippen LogP contribution in [0.15, 0.2) is 60.7 Å². The summed E-state index contributed by atoms with van der Waals surface area (Å²) in [6.07, 6.45) is 2.47. The predicted molar refractivity (Wildman–Crippen MR) is 77.2 cm³/mol. The molecule has 2 aromatic rings. The Kier molecular flexibility index (Phi) is 4.16. The predicted octanol–water partition coefficient (Wildman–Crippen LogP) is 3.39. The highest BCUT2D eigenvalue weighted by Crippen LogP contribution is 2.19. The monoisotopic (exact) mass is 238 g/mol. The molecule has 1 radical (unpaired) electrons. The van der Waals surface area contributed by atoms with E-state index in [0.29, 0.717) is 0 Å². The van der Waals surface area contributed by atoms with Gasteiger partial charge < -0.3 is 5.73 Å². The van der Waals surface area contributed by atoms with E-state index in [9.17, 15) is 0 Å². The third-order valence-corrected chi connectivity index (χ3v) is 3.30. The van der Waals surface area contributed by atoms with Crippen LogP contribution in [0.4, 0.5) is 0 Å². The molecule has 0 atom stereocenters. The summed E-state index contributed by atoms with van der Waals surface area (Å²) in [5.41, 5.74) is 8.79. The second-order valence-corrected chi connectivity index (χ2v) is 4.94. The lowest BCUT2D eigenvalue weighted by molar-refractivity contribution is 0.422. The minimum Gasteiger partial charge on any atom is -0.324 e. The van der Waals surface area contributed by atoms with Crippen molar-refractivity contribution in [1.82, 2.24) is 0 Å². The Hall–Kier alpha value is -1.60. The van der Waals surface area contributed by atoms with Gasteiger partial charge >= 0.3 is 0 Å². The summed E-state index contributed by atoms with van der Waals surface area (Å²) in [6, 6.07) is 20.8. The minimum atomic E-state index is -0.261. The van der Waals surface area contributed by atoms with Crippen molar-refractivity contribution >= 4 is 0 Å². The molecule has 2 aromatic carbocycles. The molecule has 0 heterocycles.